The van der Waals surface area contributed by atoms with E-state index in [2.05, 4.69) is 24.1 Å². The summed E-state index contributed by atoms with van der Waals surface area (Å²) in [4.78, 5) is 13.9. The van der Waals surface area contributed by atoms with Gasteiger partial charge in [-0.1, -0.05) is 0 Å². The van der Waals surface area contributed by atoms with Crippen molar-refractivity contribution in [1.29, 1.82) is 0 Å². The molecule has 0 radical (unpaired) electrons. The molecule has 0 aliphatic rings. The van der Waals surface area contributed by atoms with Crippen molar-refractivity contribution in [2.24, 2.45) is 5.73 Å². The number of furan rings is 1. The highest BCUT2D eigenvalue weighted by atomic mass is 16.3. The number of amides is 1. The predicted molar refractivity (Wildman–Crippen MR) is 66.7 cm³/mol. The van der Waals surface area contributed by atoms with Crippen molar-refractivity contribution < 1.29 is 9.21 Å². The van der Waals surface area contributed by atoms with Crippen LogP contribution >= 0.6 is 0 Å². The maximum Gasteiger partial charge on any atom is 0.254 e. The van der Waals surface area contributed by atoms with Crippen molar-refractivity contribution in [1.82, 2.24) is 10.2 Å². The minimum Gasteiger partial charge on any atom is -0.467 e. The predicted octanol–water partition coefficient (Wildman–Crippen LogP) is 0.808. The second kappa shape index (κ2) is 6.42. The molecule has 0 saturated heterocycles. The van der Waals surface area contributed by atoms with Gasteiger partial charge in [0.05, 0.1) is 12.1 Å². The Hall–Kier alpha value is -1.33. The molecule has 5 heteroatoms. The molecule has 1 heterocycles. The second-order valence-electron chi connectivity index (χ2n) is 4.34. The Morgan fingerprint density at radius 3 is 2.82 bits per heavy atom. The number of rotatable bonds is 6. The van der Waals surface area contributed by atoms with Crippen LogP contribution in [0.25, 0.3) is 0 Å². The van der Waals surface area contributed by atoms with E-state index in [9.17, 15) is 4.79 Å². The Balaban J connectivity index is 2.35. The summed E-state index contributed by atoms with van der Waals surface area (Å²) >= 11 is 0. The highest BCUT2D eigenvalue weighted by Crippen LogP contribution is 2.06. The van der Waals surface area contributed by atoms with E-state index in [1.807, 2.05) is 7.05 Å². The molecule has 0 aliphatic carbocycles. The van der Waals surface area contributed by atoms with E-state index >= 15 is 0 Å². The van der Waals surface area contributed by atoms with Crippen LogP contribution in [0.5, 0.6) is 0 Å². The van der Waals surface area contributed by atoms with Crippen molar-refractivity contribution in [2.75, 3.05) is 20.1 Å². The number of nitrogens with one attached hydrogen (secondary N) is 1. The Bertz CT molecular complexity index is 360. The largest absolute Gasteiger partial charge is 0.467 e. The Labute approximate surface area is 102 Å². The van der Waals surface area contributed by atoms with Crippen molar-refractivity contribution in [3.63, 3.8) is 0 Å². The number of nitrogens with two attached hydrogens (primary N) is 1. The molecule has 0 saturated carbocycles. The molecule has 0 unspecified atom stereocenters. The second-order valence-corrected chi connectivity index (χ2v) is 4.34. The van der Waals surface area contributed by atoms with Crippen LogP contribution in [-0.4, -0.2) is 37.0 Å². The number of carbonyl (C=O) groups excluding carboxylic acids is 1. The quantitative estimate of drug-likeness (QED) is 0.770. The summed E-state index contributed by atoms with van der Waals surface area (Å²) in [6.07, 6.45) is 1.43. The van der Waals surface area contributed by atoms with Crippen LogP contribution in [0.3, 0.4) is 0 Å². The fourth-order valence-corrected chi connectivity index (χ4v) is 1.31. The van der Waals surface area contributed by atoms with Gasteiger partial charge in [-0.25, -0.2) is 0 Å². The van der Waals surface area contributed by atoms with E-state index < -0.39 is 0 Å². The first-order valence-electron chi connectivity index (χ1n) is 5.80. The van der Waals surface area contributed by atoms with Crippen LogP contribution in [0.1, 0.15) is 30.0 Å². The third kappa shape index (κ3) is 4.20. The zero-order valence-electron chi connectivity index (χ0n) is 10.7. The summed E-state index contributed by atoms with van der Waals surface area (Å²) in [5.41, 5.74) is 5.93. The molecular weight excluding hydrogens is 218 g/mol. The maximum absolute atomic E-state index is 11.7. The lowest BCUT2D eigenvalue weighted by molar-refractivity contribution is 0.0947. The van der Waals surface area contributed by atoms with Crippen molar-refractivity contribution in [2.45, 2.75) is 26.4 Å². The number of likely N-dealkylation sites (N-methyl/N-ethyl adjacent to an activating group) is 1. The van der Waals surface area contributed by atoms with E-state index in [-0.39, 0.29) is 5.91 Å². The molecule has 96 valence electrons. The average Bonchev–Trinajstić information content (AvgIpc) is 2.77. The summed E-state index contributed by atoms with van der Waals surface area (Å²) in [5.74, 6) is 0.500. The summed E-state index contributed by atoms with van der Waals surface area (Å²) in [6, 6.07) is 2.14. The molecule has 1 rings (SSSR count). The maximum atomic E-state index is 11.7. The lowest BCUT2D eigenvalue weighted by Crippen LogP contribution is -2.36. The fourth-order valence-electron chi connectivity index (χ4n) is 1.31. The number of nitrogens with zero attached hydrogens (tertiary/aromatic N) is 1. The molecule has 0 aliphatic heterocycles. The first-order chi connectivity index (χ1) is 8.04. The van der Waals surface area contributed by atoms with Crippen LogP contribution in [0.4, 0.5) is 0 Å². The molecule has 17 heavy (non-hydrogen) atoms. The number of hydrogen-bond acceptors (Lipinski definition) is 4. The first kappa shape index (κ1) is 13.7. The molecular formula is C12H21N3O2. The molecule has 0 fully saturated rings. The molecule has 5 nitrogen and oxygen atoms in total. The topological polar surface area (TPSA) is 71.5 Å². The molecule has 1 aromatic rings. The third-order valence-electron chi connectivity index (χ3n) is 2.75. The van der Waals surface area contributed by atoms with Crippen LogP contribution < -0.4 is 11.1 Å². The Kier molecular flexibility index (Phi) is 5.18. The van der Waals surface area contributed by atoms with Gasteiger partial charge in [0.15, 0.2) is 0 Å². The minimum absolute atomic E-state index is 0.120. The van der Waals surface area contributed by atoms with Gasteiger partial charge in [0.25, 0.3) is 5.91 Å². The normalized spacial score (nSPS) is 11.2. The molecule has 3 N–H and O–H groups in total. The average molecular weight is 239 g/mol. The molecule has 0 atom stereocenters. The van der Waals surface area contributed by atoms with Gasteiger partial charge in [0.2, 0.25) is 0 Å². The van der Waals surface area contributed by atoms with E-state index in [0.717, 1.165) is 6.54 Å². The van der Waals surface area contributed by atoms with Gasteiger partial charge in [0, 0.05) is 19.1 Å². The summed E-state index contributed by atoms with van der Waals surface area (Å²) in [7, 11) is 2.03. The molecule has 1 amide bonds. The highest BCUT2D eigenvalue weighted by Gasteiger charge is 2.09. The lowest BCUT2D eigenvalue weighted by atomic mass is 10.3. The number of carbonyl (C=O) groups is 1. The van der Waals surface area contributed by atoms with Gasteiger partial charge in [-0.05, 0) is 27.0 Å². The van der Waals surface area contributed by atoms with E-state index in [1.165, 1.54) is 6.26 Å². The third-order valence-corrected chi connectivity index (χ3v) is 2.75. The zero-order chi connectivity index (χ0) is 12.8. The van der Waals surface area contributed by atoms with Gasteiger partial charge in [0.1, 0.15) is 12.0 Å². The summed E-state index contributed by atoms with van der Waals surface area (Å²) in [5, 5.41) is 2.84. The monoisotopic (exact) mass is 239 g/mol. The van der Waals surface area contributed by atoms with Crippen LogP contribution in [-0.2, 0) is 6.54 Å². The van der Waals surface area contributed by atoms with Crippen LogP contribution in [0.2, 0.25) is 0 Å². The van der Waals surface area contributed by atoms with Gasteiger partial charge in [-0.2, -0.15) is 0 Å². The molecule has 0 spiro atoms. The molecule has 0 aromatic carbocycles. The van der Waals surface area contributed by atoms with Crippen molar-refractivity contribution in [3.05, 3.63) is 23.7 Å². The summed E-state index contributed by atoms with van der Waals surface area (Å²) < 4.78 is 5.10. The lowest BCUT2D eigenvalue weighted by Gasteiger charge is -2.20. The minimum atomic E-state index is -0.120. The molecule has 1 aromatic heterocycles. The zero-order valence-corrected chi connectivity index (χ0v) is 10.7. The van der Waals surface area contributed by atoms with Crippen LogP contribution in [0.15, 0.2) is 16.7 Å². The van der Waals surface area contributed by atoms with Gasteiger partial charge >= 0.3 is 0 Å². The van der Waals surface area contributed by atoms with Gasteiger partial charge in [-0.3, -0.25) is 4.79 Å². The van der Waals surface area contributed by atoms with Crippen molar-refractivity contribution in [3.8, 4) is 0 Å². The Morgan fingerprint density at radius 2 is 2.29 bits per heavy atom. The van der Waals surface area contributed by atoms with Crippen LogP contribution in [0, 0.1) is 0 Å². The fraction of sp³-hybridized carbons (Fsp3) is 0.583. The van der Waals surface area contributed by atoms with E-state index in [4.69, 9.17) is 10.2 Å². The van der Waals surface area contributed by atoms with Gasteiger partial charge in [-0.15, -0.1) is 0 Å². The Morgan fingerprint density at radius 1 is 1.59 bits per heavy atom. The smallest absolute Gasteiger partial charge is 0.254 e. The van der Waals surface area contributed by atoms with E-state index in [1.54, 1.807) is 6.07 Å². The number of hydrogen-bond donors (Lipinski definition) is 2. The standard InChI is InChI=1S/C12H21N3O2/c1-9(2)15(3)5-4-14-12(16)10-6-11(7-13)17-8-10/h6,8-9H,4-5,7,13H2,1-3H3,(H,14,16). The van der Waals surface area contributed by atoms with Gasteiger partial charge < -0.3 is 20.4 Å². The molecule has 0 bridgehead atoms. The SMILES string of the molecule is CC(C)N(C)CCNC(=O)c1coc(CN)c1. The van der Waals surface area contributed by atoms with E-state index in [0.29, 0.717) is 30.5 Å². The summed E-state index contributed by atoms with van der Waals surface area (Å²) in [6.45, 7) is 5.99. The first-order valence-corrected chi connectivity index (χ1v) is 5.80. The van der Waals surface area contributed by atoms with Crippen molar-refractivity contribution >= 4 is 5.91 Å². The highest BCUT2D eigenvalue weighted by molar-refractivity contribution is 5.93.